The minimum absolute atomic E-state index is 0.265. The first kappa shape index (κ1) is 11.6. The number of ketones is 1. The summed E-state index contributed by atoms with van der Waals surface area (Å²) >= 11 is 0. The van der Waals surface area contributed by atoms with Crippen LogP contribution in [0.1, 0.15) is 19.3 Å². The first-order chi connectivity index (χ1) is 8.75. The number of hydrogen-bond acceptors (Lipinski definition) is 3. The van der Waals surface area contributed by atoms with Gasteiger partial charge < -0.3 is 9.80 Å². The van der Waals surface area contributed by atoms with Crippen molar-refractivity contribution in [1.82, 2.24) is 0 Å². The Bertz CT molecular complexity index is 458. The van der Waals surface area contributed by atoms with Crippen LogP contribution in [-0.2, 0) is 4.79 Å². The van der Waals surface area contributed by atoms with E-state index in [0.717, 1.165) is 38.9 Å². The van der Waals surface area contributed by atoms with Crippen LogP contribution in [0.5, 0.6) is 0 Å². The van der Waals surface area contributed by atoms with E-state index in [1.807, 2.05) is 0 Å². The zero-order valence-electron chi connectivity index (χ0n) is 10.9. The normalized spacial score (nSPS) is 23.4. The monoisotopic (exact) mass is 244 g/mol. The summed E-state index contributed by atoms with van der Waals surface area (Å²) in [5, 5.41) is 0. The molecule has 0 amide bonds. The molecule has 1 unspecified atom stereocenters. The van der Waals surface area contributed by atoms with Crippen LogP contribution < -0.4 is 9.80 Å². The molecule has 1 saturated carbocycles. The van der Waals surface area contributed by atoms with E-state index < -0.39 is 0 Å². The van der Waals surface area contributed by atoms with E-state index in [9.17, 15) is 4.79 Å². The summed E-state index contributed by atoms with van der Waals surface area (Å²) in [4.78, 5) is 16.5. The second kappa shape index (κ2) is 4.63. The molecule has 2 aliphatic rings. The van der Waals surface area contributed by atoms with Crippen molar-refractivity contribution in [3.63, 3.8) is 0 Å². The highest BCUT2D eigenvalue weighted by Gasteiger charge is 2.28. The highest BCUT2D eigenvalue weighted by atomic mass is 16.1. The smallest absolute Gasteiger partial charge is 0.137 e. The number of carbonyl (C=O) groups is 1. The van der Waals surface area contributed by atoms with E-state index in [2.05, 4.69) is 41.1 Å². The van der Waals surface area contributed by atoms with Crippen molar-refractivity contribution >= 4 is 17.2 Å². The Labute approximate surface area is 108 Å². The molecule has 1 atom stereocenters. The summed E-state index contributed by atoms with van der Waals surface area (Å²) in [6.07, 6.45) is 2.95. The van der Waals surface area contributed by atoms with Crippen LogP contribution in [-0.4, -0.2) is 32.5 Å². The van der Waals surface area contributed by atoms with Gasteiger partial charge in [-0.1, -0.05) is 12.1 Å². The Morgan fingerprint density at radius 1 is 1.22 bits per heavy atom. The molecule has 1 aliphatic heterocycles. The number of Topliss-reactive ketones (excluding diaryl/α,β-unsaturated/α-hetero) is 1. The molecule has 0 radical (unpaired) electrons. The van der Waals surface area contributed by atoms with Gasteiger partial charge in [-0.2, -0.15) is 0 Å². The molecule has 18 heavy (non-hydrogen) atoms. The first-order valence-electron chi connectivity index (χ1n) is 6.83. The van der Waals surface area contributed by atoms with Crippen LogP contribution in [0.4, 0.5) is 11.4 Å². The Hall–Kier alpha value is -1.51. The molecule has 0 saturated heterocycles. The second-order valence-electron chi connectivity index (χ2n) is 5.41. The Balaban J connectivity index is 1.82. The summed E-state index contributed by atoms with van der Waals surface area (Å²) < 4.78 is 0. The number of anilines is 2. The van der Waals surface area contributed by atoms with E-state index in [1.165, 1.54) is 11.4 Å². The molecule has 1 aromatic carbocycles. The maximum atomic E-state index is 11.8. The van der Waals surface area contributed by atoms with E-state index >= 15 is 0 Å². The second-order valence-corrected chi connectivity index (χ2v) is 5.41. The maximum Gasteiger partial charge on any atom is 0.137 e. The predicted molar refractivity (Wildman–Crippen MR) is 74.3 cm³/mol. The number of benzene rings is 1. The van der Waals surface area contributed by atoms with Crippen LogP contribution in [0.2, 0.25) is 0 Å². The fourth-order valence-corrected chi connectivity index (χ4v) is 3.10. The molecule has 96 valence electrons. The molecule has 3 rings (SSSR count). The van der Waals surface area contributed by atoms with Crippen molar-refractivity contribution in [2.24, 2.45) is 5.92 Å². The lowest BCUT2D eigenvalue weighted by atomic mass is 10.0. The minimum atomic E-state index is 0.265. The van der Waals surface area contributed by atoms with Gasteiger partial charge in [-0.25, -0.2) is 0 Å². The number of likely N-dealkylation sites (N-methyl/N-ethyl adjacent to an activating group) is 1. The van der Waals surface area contributed by atoms with Crippen LogP contribution in [0, 0.1) is 5.92 Å². The third-order valence-corrected chi connectivity index (χ3v) is 4.21. The van der Waals surface area contributed by atoms with Crippen molar-refractivity contribution in [2.45, 2.75) is 19.3 Å². The predicted octanol–water partition coefficient (Wildman–Crippen LogP) is 2.31. The molecule has 3 nitrogen and oxygen atoms in total. The fraction of sp³-hybridized carbons (Fsp3) is 0.533. The summed E-state index contributed by atoms with van der Waals surface area (Å²) in [5.74, 6) is 0.730. The number of nitrogens with zero attached hydrogens (tertiary/aromatic N) is 2. The number of fused-ring (bicyclic) bond motifs is 1. The van der Waals surface area contributed by atoms with E-state index in [0.29, 0.717) is 5.78 Å². The van der Waals surface area contributed by atoms with Gasteiger partial charge in [0.2, 0.25) is 0 Å². The van der Waals surface area contributed by atoms with Crippen LogP contribution in [0.3, 0.4) is 0 Å². The van der Waals surface area contributed by atoms with Gasteiger partial charge in [0.25, 0.3) is 0 Å². The molecule has 1 aliphatic carbocycles. The lowest BCUT2D eigenvalue weighted by molar-refractivity contribution is -0.120. The average molecular weight is 244 g/mol. The van der Waals surface area contributed by atoms with E-state index in [-0.39, 0.29) is 5.92 Å². The Morgan fingerprint density at radius 3 is 2.72 bits per heavy atom. The standard InChI is InChI=1S/C15H20N2O/c1-16-9-10-17(11-12-5-4-8-15(12)18)14-7-3-2-6-13(14)16/h2-3,6-7,12H,4-5,8-11H2,1H3. The number of para-hydroxylation sites is 2. The van der Waals surface area contributed by atoms with Crippen molar-refractivity contribution in [2.75, 3.05) is 36.5 Å². The van der Waals surface area contributed by atoms with Crippen molar-refractivity contribution < 1.29 is 4.79 Å². The molecular formula is C15H20N2O. The fourth-order valence-electron chi connectivity index (χ4n) is 3.10. The summed E-state index contributed by atoms with van der Waals surface area (Å²) in [7, 11) is 2.14. The maximum absolute atomic E-state index is 11.8. The molecule has 0 bridgehead atoms. The third kappa shape index (κ3) is 1.98. The largest absolute Gasteiger partial charge is 0.371 e. The van der Waals surface area contributed by atoms with Crippen LogP contribution >= 0.6 is 0 Å². The van der Waals surface area contributed by atoms with Gasteiger partial charge in [0.1, 0.15) is 5.78 Å². The quantitative estimate of drug-likeness (QED) is 0.797. The van der Waals surface area contributed by atoms with Crippen molar-refractivity contribution in [1.29, 1.82) is 0 Å². The molecule has 0 aromatic heterocycles. The molecule has 0 spiro atoms. The highest BCUT2D eigenvalue weighted by Crippen LogP contribution is 2.33. The zero-order valence-corrected chi connectivity index (χ0v) is 10.9. The topological polar surface area (TPSA) is 23.6 Å². The van der Waals surface area contributed by atoms with Gasteiger partial charge in [0.05, 0.1) is 11.4 Å². The van der Waals surface area contributed by atoms with E-state index in [4.69, 9.17) is 0 Å². The SMILES string of the molecule is CN1CCN(CC2CCCC2=O)c2ccccc21. The van der Waals surface area contributed by atoms with Crippen LogP contribution in [0.25, 0.3) is 0 Å². The summed E-state index contributed by atoms with van der Waals surface area (Å²) in [6, 6.07) is 8.50. The molecule has 1 fully saturated rings. The molecule has 3 heteroatoms. The number of carbonyl (C=O) groups excluding carboxylic acids is 1. The van der Waals surface area contributed by atoms with E-state index in [1.54, 1.807) is 0 Å². The van der Waals surface area contributed by atoms with Crippen LogP contribution in [0.15, 0.2) is 24.3 Å². The number of hydrogen-bond donors (Lipinski definition) is 0. The lowest BCUT2D eigenvalue weighted by Crippen LogP contribution is -2.42. The first-order valence-corrected chi connectivity index (χ1v) is 6.83. The van der Waals surface area contributed by atoms with Crippen molar-refractivity contribution in [3.05, 3.63) is 24.3 Å². The van der Waals surface area contributed by atoms with Gasteiger partial charge in [0, 0.05) is 39.0 Å². The van der Waals surface area contributed by atoms with Crippen molar-refractivity contribution in [3.8, 4) is 0 Å². The average Bonchev–Trinajstić information content (AvgIpc) is 2.79. The highest BCUT2D eigenvalue weighted by molar-refractivity contribution is 5.84. The summed E-state index contributed by atoms with van der Waals surface area (Å²) in [5.41, 5.74) is 2.57. The van der Waals surface area contributed by atoms with Gasteiger partial charge in [-0.15, -0.1) is 0 Å². The molecule has 0 N–H and O–H groups in total. The molecule has 1 aromatic rings. The van der Waals surface area contributed by atoms with Gasteiger partial charge in [0.15, 0.2) is 0 Å². The zero-order chi connectivity index (χ0) is 12.5. The van der Waals surface area contributed by atoms with Gasteiger partial charge in [-0.3, -0.25) is 4.79 Å². The Kier molecular flexibility index (Phi) is 2.98. The molecule has 1 heterocycles. The summed E-state index contributed by atoms with van der Waals surface area (Å²) in [6.45, 7) is 2.97. The third-order valence-electron chi connectivity index (χ3n) is 4.21. The van der Waals surface area contributed by atoms with Gasteiger partial charge in [-0.05, 0) is 25.0 Å². The minimum Gasteiger partial charge on any atom is -0.371 e. The lowest BCUT2D eigenvalue weighted by Gasteiger charge is -2.38. The van der Waals surface area contributed by atoms with Gasteiger partial charge >= 0.3 is 0 Å². The Morgan fingerprint density at radius 2 is 2.00 bits per heavy atom. The molecular weight excluding hydrogens is 224 g/mol. The number of rotatable bonds is 2.